The van der Waals surface area contributed by atoms with Crippen LogP contribution in [-0.4, -0.2) is 43.3 Å². The van der Waals surface area contributed by atoms with Crippen LogP contribution in [-0.2, 0) is 10.2 Å². The van der Waals surface area contributed by atoms with Crippen LogP contribution in [0.4, 0.5) is 5.69 Å². The molecule has 4 heteroatoms. The van der Waals surface area contributed by atoms with Crippen molar-refractivity contribution in [3.8, 4) is 0 Å². The molecule has 0 radical (unpaired) electrons. The van der Waals surface area contributed by atoms with Crippen molar-refractivity contribution >= 4 is 17.4 Å². The second kappa shape index (κ2) is 6.93. The Bertz CT molecular complexity index is 854. The average molecular weight is 362 g/mol. The van der Waals surface area contributed by atoms with Crippen molar-refractivity contribution in [1.29, 1.82) is 0 Å². The summed E-state index contributed by atoms with van der Waals surface area (Å²) in [6.45, 7) is 4.44. The third-order valence-corrected chi connectivity index (χ3v) is 6.24. The summed E-state index contributed by atoms with van der Waals surface area (Å²) >= 11 is 0. The number of nitrogens with zero attached hydrogens (tertiary/aromatic N) is 2. The molecule has 0 saturated carbocycles. The maximum Gasteiger partial charge on any atom is 0.237 e. The second-order valence-electron chi connectivity index (χ2n) is 7.90. The first-order valence-corrected chi connectivity index (χ1v) is 9.72. The number of hydrogen-bond donors (Lipinski definition) is 0. The van der Waals surface area contributed by atoms with Gasteiger partial charge in [0.1, 0.15) is 0 Å². The lowest BCUT2D eigenvalue weighted by Crippen LogP contribution is -2.49. The Balaban J connectivity index is 1.44. The number of anilines is 1. The Morgan fingerprint density at radius 1 is 1.04 bits per heavy atom. The van der Waals surface area contributed by atoms with E-state index in [2.05, 4.69) is 11.0 Å². The monoisotopic (exact) mass is 362 g/mol. The van der Waals surface area contributed by atoms with Crippen LogP contribution in [0.15, 0.2) is 54.6 Å². The van der Waals surface area contributed by atoms with E-state index in [1.807, 2.05) is 67.4 Å². The molecule has 140 valence electrons. The lowest BCUT2D eigenvalue weighted by atomic mass is 9.73. The average Bonchev–Trinajstić information content (AvgIpc) is 2.92. The quantitative estimate of drug-likeness (QED) is 0.782. The summed E-state index contributed by atoms with van der Waals surface area (Å²) in [6, 6.07) is 17.7. The highest BCUT2D eigenvalue weighted by Gasteiger charge is 2.50. The molecular formula is C23H26N2O2. The third-order valence-electron chi connectivity index (χ3n) is 6.24. The van der Waals surface area contributed by atoms with E-state index < -0.39 is 0 Å². The van der Waals surface area contributed by atoms with Crippen LogP contribution in [0.3, 0.4) is 0 Å². The van der Waals surface area contributed by atoms with Crippen LogP contribution in [0.5, 0.6) is 0 Å². The van der Waals surface area contributed by atoms with Crippen molar-refractivity contribution in [2.24, 2.45) is 5.92 Å². The molecular weight excluding hydrogens is 336 g/mol. The number of para-hydroxylation sites is 1. The first-order chi connectivity index (χ1) is 13.0. The first-order valence-electron chi connectivity index (χ1n) is 9.72. The van der Waals surface area contributed by atoms with Crippen molar-refractivity contribution in [3.63, 3.8) is 0 Å². The Kier molecular flexibility index (Phi) is 4.60. The maximum atomic E-state index is 13.0. The van der Waals surface area contributed by atoms with Crippen LogP contribution in [0, 0.1) is 5.92 Å². The SMILES string of the molecule is CC(CN1CCC2(CC1)C(=O)N(C)c1ccccc12)C(=O)c1ccccc1. The zero-order valence-electron chi connectivity index (χ0n) is 16.0. The number of ketones is 1. The molecule has 4 rings (SSSR count). The molecule has 0 N–H and O–H groups in total. The number of benzene rings is 2. The second-order valence-corrected chi connectivity index (χ2v) is 7.90. The van der Waals surface area contributed by atoms with Crippen LogP contribution in [0.25, 0.3) is 0 Å². The lowest BCUT2D eigenvalue weighted by Gasteiger charge is -2.39. The van der Waals surface area contributed by atoms with E-state index in [4.69, 9.17) is 0 Å². The van der Waals surface area contributed by atoms with E-state index in [0.717, 1.165) is 43.7 Å². The normalized spacial score (nSPS) is 19.9. The molecule has 0 aromatic heterocycles. The smallest absolute Gasteiger partial charge is 0.237 e. The highest BCUT2D eigenvalue weighted by Crippen LogP contribution is 2.47. The van der Waals surface area contributed by atoms with Crippen molar-refractivity contribution in [2.75, 3.05) is 31.6 Å². The molecule has 2 heterocycles. The van der Waals surface area contributed by atoms with E-state index in [1.165, 1.54) is 5.56 Å². The van der Waals surface area contributed by atoms with Crippen LogP contribution < -0.4 is 4.90 Å². The number of rotatable bonds is 4. The van der Waals surface area contributed by atoms with Crippen LogP contribution >= 0.6 is 0 Å². The number of carbonyl (C=O) groups is 2. The fourth-order valence-corrected chi connectivity index (χ4v) is 4.67. The summed E-state index contributed by atoms with van der Waals surface area (Å²) in [5.74, 6) is 0.366. The zero-order chi connectivity index (χ0) is 19.0. The van der Waals surface area contributed by atoms with Gasteiger partial charge in [0.15, 0.2) is 5.78 Å². The zero-order valence-corrected chi connectivity index (χ0v) is 16.0. The molecule has 1 saturated heterocycles. The van der Waals surface area contributed by atoms with E-state index in [0.29, 0.717) is 0 Å². The number of likely N-dealkylation sites (N-methyl/N-ethyl adjacent to an activating group) is 1. The standard InChI is InChI=1S/C23H26N2O2/c1-17(21(26)18-8-4-3-5-9-18)16-25-14-12-23(13-15-25)19-10-6-7-11-20(19)24(2)22(23)27/h3-11,17H,12-16H2,1-2H3. The number of carbonyl (C=O) groups excluding carboxylic acids is 2. The van der Waals surface area contributed by atoms with Gasteiger partial charge in [0, 0.05) is 30.8 Å². The summed E-state index contributed by atoms with van der Waals surface area (Å²) in [5, 5.41) is 0. The molecule has 1 fully saturated rings. The molecule has 0 aliphatic carbocycles. The summed E-state index contributed by atoms with van der Waals surface area (Å²) in [7, 11) is 1.88. The molecule has 2 aliphatic rings. The van der Waals surface area contributed by atoms with Crippen molar-refractivity contribution in [1.82, 2.24) is 4.90 Å². The highest BCUT2D eigenvalue weighted by molar-refractivity contribution is 6.07. The topological polar surface area (TPSA) is 40.6 Å². The van der Waals surface area contributed by atoms with Crippen molar-refractivity contribution < 1.29 is 9.59 Å². The van der Waals surface area contributed by atoms with E-state index in [9.17, 15) is 9.59 Å². The minimum absolute atomic E-state index is 0.0457. The number of amides is 1. The van der Waals surface area contributed by atoms with Gasteiger partial charge < -0.3 is 9.80 Å². The van der Waals surface area contributed by atoms with Gasteiger partial charge in [0.2, 0.25) is 5.91 Å². The summed E-state index contributed by atoms with van der Waals surface area (Å²) in [6.07, 6.45) is 1.64. The molecule has 4 nitrogen and oxygen atoms in total. The van der Waals surface area contributed by atoms with Gasteiger partial charge in [-0.15, -0.1) is 0 Å². The molecule has 0 bridgehead atoms. The largest absolute Gasteiger partial charge is 0.314 e. The Morgan fingerprint density at radius 2 is 1.67 bits per heavy atom. The maximum absolute atomic E-state index is 13.0. The minimum atomic E-state index is -0.380. The molecule has 2 aromatic rings. The van der Waals surface area contributed by atoms with Gasteiger partial charge in [-0.2, -0.15) is 0 Å². The Hall–Kier alpha value is -2.46. The van der Waals surface area contributed by atoms with Gasteiger partial charge in [-0.25, -0.2) is 0 Å². The molecule has 1 unspecified atom stereocenters. The fourth-order valence-electron chi connectivity index (χ4n) is 4.67. The number of Topliss-reactive ketones (excluding diaryl/α,β-unsaturated/α-hetero) is 1. The summed E-state index contributed by atoms with van der Waals surface area (Å²) < 4.78 is 0. The highest BCUT2D eigenvalue weighted by atomic mass is 16.2. The number of piperidine rings is 1. The molecule has 2 aromatic carbocycles. The molecule has 1 amide bonds. The predicted molar refractivity (Wildman–Crippen MR) is 107 cm³/mol. The summed E-state index contributed by atoms with van der Waals surface area (Å²) in [4.78, 5) is 29.8. The van der Waals surface area contributed by atoms with Crippen LogP contribution in [0.1, 0.15) is 35.7 Å². The van der Waals surface area contributed by atoms with Gasteiger partial charge in [0.05, 0.1) is 5.41 Å². The molecule has 1 spiro atoms. The fraction of sp³-hybridized carbons (Fsp3) is 0.391. The van der Waals surface area contributed by atoms with Gasteiger partial charge in [-0.1, -0.05) is 55.5 Å². The Labute approximate surface area is 160 Å². The van der Waals surface area contributed by atoms with Crippen molar-refractivity contribution in [3.05, 3.63) is 65.7 Å². The molecule has 27 heavy (non-hydrogen) atoms. The third kappa shape index (κ3) is 2.98. The summed E-state index contributed by atoms with van der Waals surface area (Å²) in [5.41, 5.74) is 2.61. The van der Waals surface area contributed by atoms with Gasteiger partial charge in [0.25, 0.3) is 0 Å². The van der Waals surface area contributed by atoms with E-state index >= 15 is 0 Å². The molecule has 1 atom stereocenters. The molecule has 2 aliphatic heterocycles. The van der Waals surface area contributed by atoms with E-state index in [1.54, 1.807) is 0 Å². The van der Waals surface area contributed by atoms with Gasteiger partial charge >= 0.3 is 0 Å². The first kappa shape index (κ1) is 17.9. The van der Waals surface area contributed by atoms with Gasteiger partial charge in [-0.3, -0.25) is 9.59 Å². The van der Waals surface area contributed by atoms with Crippen LogP contribution in [0.2, 0.25) is 0 Å². The van der Waals surface area contributed by atoms with Gasteiger partial charge in [-0.05, 0) is 37.6 Å². The number of likely N-dealkylation sites (tertiary alicyclic amines) is 1. The van der Waals surface area contributed by atoms with Crippen molar-refractivity contribution in [2.45, 2.75) is 25.2 Å². The Morgan fingerprint density at radius 3 is 2.37 bits per heavy atom. The number of fused-ring (bicyclic) bond motifs is 2. The lowest BCUT2D eigenvalue weighted by molar-refractivity contribution is -0.124. The number of hydrogen-bond acceptors (Lipinski definition) is 3. The minimum Gasteiger partial charge on any atom is -0.314 e. The van der Waals surface area contributed by atoms with E-state index in [-0.39, 0.29) is 23.0 Å². The predicted octanol–water partition coefficient (Wildman–Crippen LogP) is 3.52.